The Morgan fingerprint density at radius 2 is 2.00 bits per heavy atom. The molecule has 2 nitrogen and oxygen atoms in total. The average molecular weight is 162 g/mol. The molecule has 0 bridgehead atoms. The maximum atomic E-state index is 4.08. The molecule has 2 heteroatoms. The van der Waals surface area contributed by atoms with E-state index in [2.05, 4.69) is 18.8 Å². The molecule has 0 fully saturated rings. The van der Waals surface area contributed by atoms with Crippen molar-refractivity contribution in [3.05, 3.63) is 36.8 Å². The summed E-state index contributed by atoms with van der Waals surface area (Å²) in [5.74, 6) is 0. The van der Waals surface area contributed by atoms with Crippen molar-refractivity contribution < 1.29 is 0 Å². The van der Waals surface area contributed by atoms with Gasteiger partial charge in [0.05, 0.1) is 0 Å². The molecule has 0 spiro atoms. The lowest BCUT2D eigenvalue weighted by Gasteiger charge is -1.86. The number of nitrogens with zero attached hydrogens (tertiary/aromatic N) is 2. The molecule has 0 saturated heterocycles. The summed E-state index contributed by atoms with van der Waals surface area (Å²) < 4.78 is 1.97. The van der Waals surface area contributed by atoms with Crippen LogP contribution in [0.2, 0.25) is 0 Å². The van der Waals surface area contributed by atoms with E-state index in [1.807, 2.05) is 35.0 Å². The molecule has 0 aromatic carbocycles. The van der Waals surface area contributed by atoms with Gasteiger partial charge in [-0.1, -0.05) is 26.3 Å². The molecular formula is C10H14N2. The van der Waals surface area contributed by atoms with E-state index in [1.165, 1.54) is 6.42 Å². The molecule has 2 rings (SSSR count). The summed E-state index contributed by atoms with van der Waals surface area (Å²) in [7, 11) is 0. The number of aromatic nitrogens is 2. The van der Waals surface area contributed by atoms with Crippen molar-refractivity contribution in [1.29, 1.82) is 0 Å². The average Bonchev–Trinajstić information content (AvgIpc) is 2.52. The van der Waals surface area contributed by atoms with E-state index in [4.69, 9.17) is 0 Å². The lowest BCUT2D eigenvalue weighted by molar-refractivity contribution is 1.09. The smallest absolute Gasteiger partial charge is 0.136 e. The van der Waals surface area contributed by atoms with Crippen molar-refractivity contribution in [3.8, 4) is 0 Å². The van der Waals surface area contributed by atoms with Crippen LogP contribution in [-0.4, -0.2) is 9.38 Å². The van der Waals surface area contributed by atoms with Gasteiger partial charge in [0.2, 0.25) is 0 Å². The van der Waals surface area contributed by atoms with Gasteiger partial charge in [0.25, 0.3) is 0 Å². The van der Waals surface area contributed by atoms with E-state index in [0.29, 0.717) is 0 Å². The molecule has 64 valence electrons. The largest absolute Gasteiger partial charge is 0.307 e. The standard InChI is InChI=1S/C7H6N2.C3H8/c1-2-5-9-6-4-8-7(9)3-1;1-3-2/h1-6H;3H2,1-2H3. The third kappa shape index (κ3) is 2.09. The Morgan fingerprint density at radius 3 is 2.67 bits per heavy atom. The van der Waals surface area contributed by atoms with Gasteiger partial charge in [-0.25, -0.2) is 4.98 Å². The minimum absolute atomic E-state index is 0.998. The second-order valence-electron chi connectivity index (χ2n) is 2.60. The topological polar surface area (TPSA) is 17.3 Å². The fourth-order valence-corrected chi connectivity index (χ4v) is 0.864. The second-order valence-corrected chi connectivity index (χ2v) is 2.60. The molecule has 0 aliphatic rings. The van der Waals surface area contributed by atoms with Gasteiger partial charge in [0, 0.05) is 18.6 Å². The van der Waals surface area contributed by atoms with Crippen molar-refractivity contribution in [1.82, 2.24) is 9.38 Å². The van der Waals surface area contributed by atoms with Gasteiger partial charge in [-0.15, -0.1) is 0 Å². The first-order valence-corrected chi connectivity index (χ1v) is 4.26. The summed E-state index contributed by atoms with van der Waals surface area (Å²) in [4.78, 5) is 4.08. The number of pyridine rings is 1. The third-order valence-corrected chi connectivity index (χ3v) is 1.30. The zero-order valence-electron chi connectivity index (χ0n) is 7.57. The van der Waals surface area contributed by atoms with Crippen LogP contribution in [0.25, 0.3) is 5.65 Å². The number of fused-ring (bicyclic) bond motifs is 1. The monoisotopic (exact) mass is 162 g/mol. The summed E-state index contributed by atoms with van der Waals surface area (Å²) in [6.45, 7) is 4.25. The summed E-state index contributed by atoms with van der Waals surface area (Å²) in [5.41, 5.74) is 0.998. The molecule has 2 aromatic heterocycles. The van der Waals surface area contributed by atoms with Gasteiger partial charge in [0.1, 0.15) is 5.65 Å². The maximum absolute atomic E-state index is 4.08. The molecule has 0 N–H and O–H groups in total. The molecule has 2 heterocycles. The van der Waals surface area contributed by atoms with Crippen molar-refractivity contribution >= 4 is 5.65 Å². The van der Waals surface area contributed by atoms with Gasteiger partial charge in [-0.05, 0) is 12.1 Å². The lowest BCUT2D eigenvalue weighted by atomic mass is 10.5. The summed E-state index contributed by atoms with van der Waals surface area (Å²) in [5, 5.41) is 0. The van der Waals surface area contributed by atoms with Crippen LogP contribution in [0.5, 0.6) is 0 Å². The second kappa shape index (κ2) is 4.54. The predicted octanol–water partition coefficient (Wildman–Crippen LogP) is 2.75. The quantitative estimate of drug-likeness (QED) is 0.582. The van der Waals surface area contributed by atoms with E-state index in [0.717, 1.165) is 5.65 Å². The zero-order valence-corrected chi connectivity index (χ0v) is 7.57. The van der Waals surface area contributed by atoms with Crippen LogP contribution in [0.1, 0.15) is 20.3 Å². The Hall–Kier alpha value is -1.31. The van der Waals surface area contributed by atoms with Crippen LogP contribution in [0.4, 0.5) is 0 Å². The van der Waals surface area contributed by atoms with Crippen LogP contribution in [-0.2, 0) is 0 Å². The van der Waals surface area contributed by atoms with E-state index in [-0.39, 0.29) is 0 Å². The van der Waals surface area contributed by atoms with Crippen LogP contribution in [0.15, 0.2) is 36.8 Å². The highest BCUT2D eigenvalue weighted by Crippen LogP contribution is 1.96. The highest BCUT2D eigenvalue weighted by Gasteiger charge is 1.85. The first kappa shape index (κ1) is 8.78. The normalized spacial score (nSPS) is 9.17. The van der Waals surface area contributed by atoms with Gasteiger partial charge < -0.3 is 4.40 Å². The van der Waals surface area contributed by atoms with Crippen molar-refractivity contribution in [3.63, 3.8) is 0 Å². The Balaban J connectivity index is 0.000000213. The fourth-order valence-electron chi connectivity index (χ4n) is 0.864. The van der Waals surface area contributed by atoms with Gasteiger partial charge in [-0.3, -0.25) is 0 Å². The molecule has 0 saturated carbocycles. The molecule has 0 radical (unpaired) electrons. The van der Waals surface area contributed by atoms with Crippen LogP contribution in [0, 0.1) is 0 Å². The SMILES string of the molecule is CCC.c1ccn2ccnc2c1. The van der Waals surface area contributed by atoms with Crippen molar-refractivity contribution in [2.24, 2.45) is 0 Å². The zero-order chi connectivity index (χ0) is 8.81. The molecule has 0 amide bonds. The van der Waals surface area contributed by atoms with Gasteiger partial charge in [0.15, 0.2) is 0 Å². The Morgan fingerprint density at radius 1 is 1.25 bits per heavy atom. The molecule has 0 atom stereocenters. The maximum Gasteiger partial charge on any atom is 0.136 e. The molecule has 2 aromatic rings. The molecule has 0 aliphatic carbocycles. The Labute approximate surface area is 72.9 Å². The Bertz CT molecular complexity index is 295. The predicted molar refractivity (Wildman–Crippen MR) is 51.2 cm³/mol. The molecular weight excluding hydrogens is 148 g/mol. The Kier molecular flexibility index (Phi) is 3.33. The number of hydrogen-bond donors (Lipinski definition) is 0. The van der Waals surface area contributed by atoms with Crippen LogP contribution < -0.4 is 0 Å². The minimum atomic E-state index is 0.998. The van der Waals surface area contributed by atoms with Crippen LogP contribution >= 0.6 is 0 Å². The lowest BCUT2D eigenvalue weighted by Crippen LogP contribution is -1.77. The summed E-state index contributed by atoms with van der Waals surface area (Å²) in [6, 6.07) is 5.93. The van der Waals surface area contributed by atoms with E-state index < -0.39 is 0 Å². The first-order chi connectivity index (χ1) is 5.88. The third-order valence-electron chi connectivity index (χ3n) is 1.30. The highest BCUT2D eigenvalue weighted by molar-refractivity contribution is 5.36. The first-order valence-electron chi connectivity index (χ1n) is 4.26. The van der Waals surface area contributed by atoms with Crippen molar-refractivity contribution in [2.75, 3.05) is 0 Å². The van der Waals surface area contributed by atoms with Crippen LogP contribution in [0.3, 0.4) is 0 Å². The molecule has 0 aliphatic heterocycles. The number of rotatable bonds is 0. The molecule has 12 heavy (non-hydrogen) atoms. The molecule has 0 unspecified atom stereocenters. The van der Waals surface area contributed by atoms with E-state index in [1.54, 1.807) is 6.20 Å². The number of hydrogen-bond acceptors (Lipinski definition) is 1. The minimum Gasteiger partial charge on any atom is -0.307 e. The van der Waals surface area contributed by atoms with E-state index in [9.17, 15) is 0 Å². The highest BCUT2D eigenvalue weighted by atomic mass is 15.0. The summed E-state index contributed by atoms with van der Waals surface area (Å²) in [6.07, 6.45) is 6.94. The fraction of sp³-hybridized carbons (Fsp3) is 0.300. The van der Waals surface area contributed by atoms with Crippen molar-refractivity contribution in [2.45, 2.75) is 20.3 Å². The van der Waals surface area contributed by atoms with Gasteiger partial charge in [-0.2, -0.15) is 0 Å². The number of imidazole rings is 1. The van der Waals surface area contributed by atoms with E-state index >= 15 is 0 Å². The summed E-state index contributed by atoms with van der Waals surface area (Å²) >= 11 is 0. The van der Waals surface area contributed by atoms with Gasteiger partial charge >= 0.3 is 0 Å².